The molecule has 0 aliphatic carbocycles. The molecule has 0 radical (unpaired) electrons. The zero-order valence-electron chi connectivity index (χ0n) is 12.1. The van der Waals surface area contributed by atoms with Gasteiger partial charge < -0.3 is 20.5 Å². The number of carbonyl (C=O) groups excluding carboxylic acids is 1. The summed E-state index contributed by atoms with van der Waals surface area (Å²) >= 11 is 0. The van der Waals surface area contributed by atoms with Crippen LogP contribution in [0, 0.1) is 6.92 Å². The van der Waals surface area contributed by atoms with E-state index in [0.717, 1.165) is 6.42 Å². The highest BCUT2D eigenvalue weighted by Gasteiger charge is 2.29. The number of carbonyl (C=O) groups is 1. The van der Waals surface area contributed by atoms with E-state index in [4.69, 9.17) is 10.5 Å². The molecule has 1 aliphatic rings. The first-order chi connectivity index (χ1) is 9.99. The number of aryl methyl sites for hydroxylation is 1. The Kier molecular flexibility index (Phi) is 6.99. The smallest absolute Gasteiger partial charge is 0.387 e. The monoisotopic (exact) mass is 336 g/mol. The van der Waals surface area contributed by atoms with Crippen molar-refractivity contribution in [1.29, 1.82) is 0 Å². The normalized spacial score (nSPS) is 20.6. The lowest BCUT2D eigenvalue weighted by atomic mass is 10.1. The van der Waals surface area contributed by atoms with Crippen molar-refractivity contribution in [2.24, 2.45) is 5.73 Å². The van der Waals surface area contributed by atoms with Crippen molar-refractivity contribution < 1.29 is 23.0 Å². The fourth-order valence-electron chi connectivity index (χ4n) is 2.20. The Balaban J connectivity index is 0.00000242. The number of rotatable bonds is 5. The minimum absolute atomic E-state index is 0. The molecule has 8 heteroatoms. The van der Waals surface area contributed by atoms with Crippen molar-refractivity contribution in [2.45, 2.75) is 38.6 Å². The summed E-state index contributed by atoms with van der Waals surface area (Å²) in [4.78, 5) is 12.0. The molecule has 22 heavy (non-hydrogen) atoms. The summed E-state index contributed by atoms with van der Waals surface area (Å²) in [5.74, 6) is -0.271. The number of alkyl halides is 2. The zero-order valence-corrected chi connectivity index (χ0v) is 12.9. The molecule has 2 atom stereocenters. The van der Waals surface area contributed by atoms with Crippen LogP contribution in [-0.2, 0) is 9.53 Å². The highest BCUT2D eigenvalue weighted by Crippen LogP contribution is 2.25. The quantitative estimate of drug-likeness (QED) is 0.866. The molecule has 1 aliphatic heterocycles. The van der Waals surface area contributed by atoms with Gasteiger partial charge in [0.2, 0.25) is 0 Å². The number of ether oxygens (including phenoxy) is 2. The molecule has 0 aromatic heterocycles. The summed E-state index contributed by atoms with van der Waals surface area (Å²) in [6.45, 7) is -0.881. The van der Waals surface area contributed by atoms with Crippen LogP contribution in [0.4, 0.5) is 14.5 Å². The Morgan fingerprint density at radius 1 is 1.50 bits per heavy atom. The van der Waals surface area contributed by atoms with E-state index in [1.807, 2.05) is 0 Å². The topological polar surface area (TPSA) is 73.6 Å². The lowest BCUT2D eigenvalue weighted by Crippen LogP contribution is -2.29. The van der Waals surface area contributed by atoms with E-state index >= 15 is 0 Å². The summed E-state index contributed by atoms with van der Waals surface area (Å²) in [6.07, 6.45) is 0.679. The van der Waals surface area contributed by atoms with Gasteiger partial charge in [0, 0.05) is 18.3 Å². The lowest BCUT2D eigenvalue weighted by Gasteiger charge is -2.14. The van der Waals surface area contributed by atoms with Crippen molar-refractivity contribution in [1.82, 2.24) is 0 Å². The predicted octanol–water partition coefficient (Wildman–Crippen LogP) is 2.46. The second-order valence-corrected chi connectivity index (χ2v) is 4.91. The Bertz CT molecular complexity index is 517. The standard InChI is InChI=1S/C14H18F2N2O3.ClH/c1-8-2-3-9(6-12(8)21-14(15)16)18-13(19)11-5-4-10(7-17)20-11;/h2-3,6,10-11,14H,4-5,7,17H2,1H3,(H,18,19);1H/t10-,11+;/m1./s1. The third-order valence-electron chi connectivity index (χ3n) is 3.33. The van der Waals surface area contributed by atoms with Crippen LogP contribution in [0.3, 0.4) is 0 Å². The van der Waals surface area contributed by atoms with Crippen molar-refractivity contribution in [3.63, 3.8) is 0 Å². The van der Waals surface area contributed by atoms with Crippen molar-refractivity contribution in [3.8, 4) is 5.75 Å². The second-order valence-electron chi connectivity index (χ2n) is 4.91. The highest BCUT2D eigenvalue weighted by molar-refractivity contribution is 5.94. The maximum Gasteiger partial charge on any atom is 0.387 e. The third-order valence-corrected chi connectivity index (χ3v) is 3.33. The summed E-state index contributed by atoms with van der Waals surface area (Å²) in [5.41, 5.74) is 6.44. The molecule has 0 bridgehead atoms. The van der Waals surface area contributed by atoms with Crippen LogP contribution in [0.2, 0.25) is 0 Å². The molecule has 0 spiro atoms. The summed E-state index contributed by atoms with van der Waals surface area (Å²) in [6, 6.07) is 4.60. The fourth-order valence-corrected chi connectivity index (χ4v) is 2.20. The number of hydrogen-bond donors (Lipinski definition) is 2. The van der Waals surface area contributed by atoms with Gasteiger partial charge in [-0.25, -0.2) is 0 Å². The molecule has 1 amide bonds. The molecule has 5 nitrogen and oxygen atoms in total. The number of nitrogens with two attached hydrogens (primary N) is 1. The summed E-state index contributed by atoms with van der Waals surface area (Å²) < 4.78 is 34.4. The van der Waals surface area contributed by atoms with Crippen LogP contribution in [0.5, 0.6) is 5.75 Å². The van der Waals surface area contributed by atoms with E-state index < -0.39 is 12.7 Å². The number of anilines is 1. The SMILES string of the molecule is Cc1ccc(NC(=O)[C@@H]2CC[C@H](CN)O2)cc1OC(F)F.Cl. The molecule has 2 rings (SSSR count). The van der Waals surface area contributed by atoms with Gasteiger partial charge in [0.15, 0.2) is 0 Å². The first-order valence-corrected chi connectivity index (χ1v) is 6.71. The zero-order chi connectivity index (χ0) is 15.4. The molecule has 1 aromatic rings. The third kappa shape index (κ3) is 4.79. The number of benzene rings is 1. The fraction of sp³-hybridized carbons (Fsp3) is 0.500. The average Bonchev–Trinajstić information content (AvgIpc) is 2.91. The van der Waals surface area contributed by atoms with E-state index in [9.17, 15) is 13.6 Å². The van der Waals surface area contributed by atoms with Gasteiger partial charge in [0.25, 0.3) is 5.91 Å². The van der Waals surface area contributed by atoms with Crippen molar-refractivity contribution in [3.05, 3.63) is 23.8 Å². The van der Waals surface area contributed by atoms with Gasteiger partial charge in [-0.3, -0.25) is 4.79 Å². The molecule has 1 saturated heterocycles. The van der Waals surface area contributed by atoms with E-state index in [2.05, 4.69) is 10.1 Å². The molecule has 0 saturated carbocycles. The van der Waals surface area contributed by atoms with Crippen LogP contribution in [0.15, 0.2) is 18.2 Å². The van der Waals surface area contributed by atoms with Crippen LogP contribution >= 0.6 is 12.4 Å². The van der Waals surface area contributed by atoms with Gasteiger partial charge >= 0.3 is 6.61 Å². The van der Waals surface area contributed by atoms with Crippen molar-refractivity contribution in [2.75, 3.05) is 11.9 Å². The molecule has 1 heterocycles. The Hall–Kier alpha value is -1.44. The van der Waals surface area contributed by atoms with Crippen LogP contribution in [-0.4, -0.2) is 31.3 Å². The Morgan fingerprint density at radius 2 is 2.23 bits per heavy atom. The summed E-state index contributed by atoms with van der Waals surface area (Å²) in [7, 11) is 0. The second kappa shape index (κ2) is 8.26. The largest absolute Gasteiger partial charge is 0.434 e. The predicted molar refractivity (Wildman–Crippen MR) is 80.6 cm³/mol. The molecular formula is C14H19ClF2N2O3. The molecule has 1 fully saturated rings. The van der Waals surface area contributed by atoms with E-state index in [1.54, 1.807) is 19.1 Å². The van der Waals surface area contributed by atoms with E-state index in [1.165, 1.54) is 6.07 Å². The molecule has 0 unspecified atom stereocenters. The molecule has 124 valence electrons. The first-order valence-electron chi connectivity index (χ1n) is 6.71. The van der Waals surface area contributed by atoms with Gasteiger partial charge in [-0.05, 0) is 31.4 Å². The number of amides is 1. The minimum Gasteiger partial charge on any atom is -0.434 e. The van der Waals surface area contributed by atoms with Gasteiger partial charge in [0.1, 0.15) is 11.9 Å². The number of nitrogens with one attached hydrogen (secondary N) is 1. The molecular weight excluding hydrogens is 318 g/mol. The van der Waals surface area contributed by atoms with Crippen LogP contribution in [0.25, 0.3) is 0 Å². The van der Waals surface area contributed by atoms with Crippen molar-refractivity contribution >= 4 is 24.0 Å². The average molecular weight is 337 g/mol. The summed E-state index contributed by atoms with van der Waals surface area (Å²) in [5, 5.41) is 2.64. The van der Waals surface area contributed by atoms with Crippen LogP contribution < -0.4 is 15.8 Å². The molecule has 3 N–H and O–H groups in total. The van der Waals surface area contributed by atoms with E-state index in [-0.39, 0.29) is 30.2 Å². The van der Waals surface area contributed by atoms with E-state index in [0.29, 0.717) is 24.2 Å². The van der Waals surface area contributed by atoms with Gasteiger partial charge in [-0.15, -0.1) is 12.4 Å². The highest BCUT2D eigenvalue weighted by atomic mass is 35.5. The maximum atomic E-state index is 12.3. The van der Waals surface area contributed by atoms with Gasteiger partial charge in [-0.1, -0.05) is 6.07 Å². The molecule has 1 aromatic carbocycles. The van der Waals surface area contributed by atoms with Gasteiger partial charge in [0.05, 0.1) is 6.10 Å². The van der Waals surface area contributed by atoms with Gasteiger partial charge in [-0.2, -0.15) is 8.78 Å². The minimum atomic E-state index is -2.90. The lowest BCUT2D eigenvalue weighted by molar-refractivity contribution is -0.126. The number of hydrogen-bond acceptors (Lipinski definition) is 4. The Labute approximate surface area is 133 Å². The van der Waals surface area contributed by atoms with Crippen LogP contribution in [0.1, 0.15) is 18.4 Å². The Morgan fingerprint density at radius 3 is 2.82 bits per heavy atom. The first kappa shape index (κ1) is 18.6. The number of halogens is 3. The maximum absolute atomic E-state index is 12.3.